The van der Waals surface area contributed by atoms with Crippen molar-refractivity contribution in [1.29, 1.82) is 0 Å². The summed E-state index contributed by atoms with van der Waals surface area (Å²) in [5.74, 6) is 0.515. The molecular weight excluding hydrogens is 218 g/mol. The summed E-state index contributed by atoms with van der Waals surface area (Å²) >= 11 is 3.35. The monoisotopic (exact) mass is 223 g/mol. The van der Waals surface area contributed by atoms with Crippen LogP contribution in [0.4, 0.5) is 5.82 Å². The van der Waals surface area contributed by atoms with Gasteiger partial charge in [-0.25, -0.2) is 4.98 Å². The van der Waals surface area contributed by atoms with Crippen LogP contribution >= 0.6 is 15.9 Å². The zero-order valence-electron chi connectivity index (χ0n) is 6.16. The lowest BCUT2D eigenvalue weighted by molar-refractivity contribution is 1.31. The molecule has 2 N–H and O–H groups in total. The standard InChI is InChI=1S/C8H6BrN3/c9-6-4-12-8(10)5-2-1-3-11-7(5)6/h1-4H,(H2,10,12). The van der Waals surface area contributed by atoms with Gasteiger partial charge >= 0.3 is 0 Å². The van der Waals surface area contributed by atoms with E-state index in [1.165, 1.54) is 0 Å². The first kappa shape index (κ1) is 7.49. The van der Waals surface area contributed by atoms with Crippen LogP contribution in [0.15, 0.2) is 29.0 Å². The zero-order valence-corrected chi connectivity index (χ0v) is 7.75. The number of nitrogens with zero attached hydrogens (tertiary/aromatic N) is 2. The fourth-order valence-electron chi connectivity index (χ4n) is 1.06. The van der Waals surface area contributed by atoms with Gasteiger partial charge in [-0.1, -0.05) is 0 Å². The minimum Gasteiger partial charge on any atom is -0.383 e. The molecule has 0 radical (unpaired) electrons. The van der Waals surface area contributed by atoms with Crippen LogP contribution in [0.2, 0.25) is 0 Å². The predicted octanol–water partition coefficient (Wildman–Crippen LogP) is 1.97. The quantitative estimate of drug-likeness (QED) is 0.744. The van der Waals surface area contributed by atoms with Gasteiger partial charge in [0.25, 0.3) is 0 Å². The van der Waals surface area contributed by atoms with Crippen molar-refractivity contribution in [2.45, 2.75) is 0 Å². The minimum atomic E-state index is 0.515. The average Bonchev–Trinajstić information content (AvgIpc) is 2.12. The number of halogens is 1. The number of nitrogen functional groups attached to an aromatic ring is 1. The number of nitrogens with two attached hydrogens (primary N) is 1. The number of pyridine rings is 2. The van der Waals surface area contributed by atoms with Crippen molar-refractivity contribution >= 4 is 32.7 Å². The van der Waals surface area contributed by atoms with Crippen molar-refractivity contribution in [1.82, 2.24) is 9.97 Å². The van der Waals surface area contributed by atoms with Gasteiger partial charge in [0.2, 0.25) is 0 Å². The van der Waals surface area contributed by atoms with Gasteiger partial charge in [-0.3, -0.25) is 4.98 Å². The summed E-state index contributed by atoms with van der Waals surface area (Å²) in [6, 6.07) is 3.74. The van der Waals surface area contributed by atoms with Gasteiger partial charge in [0, 0.05) is 17.8 Å². The molecule has 2 aromatic heterocycles. The van der Waals surface area contributed by atoms with Crippen molar-refractivity contribution < 1.29 is 0 Å². The van der Waals surface area contributed by atoms with E-state index in [0.717, 1.165) is 15.4 Å². The fraction of sp³-hybridized carbons (Fsp3) is 0. The number of anilines is 1. The predicted molar refractivity (Wildman–Crippen MR) is 51.7 cm³/mol. The number of hydrogen-bond acceptors (Lipinski definition) is 3. The topological polar surface area (TPSA) is 51.8 Å². The molecule has 0 aliphatic carbocycles. The van der Waals surface area contributed by atoms with E-state index in [-0.39, 0.29) is 0 Å². The number of aromatic nitrogens is 2. The van der Waals surface area contributed by atoms with Crippen molar-refractivity contribution in [3.8, 4) is 0 Å². The second kappa shape index (κ2) is 2.71. The molecule has 0 amide bonds. The molecule has 0 unspecified atom stereocenters. The Labute approximate surface area is 77.8 Å². The van der Waals surface area contributed by atoms with Crippen LogP contribution in [0.25, 0.3) is 10.9 Å². The SMILES string of the molecule is Nc1ncc(Br)c2ncccc12. The lowest BCUT2D eigenvalue weighted by Gasteiger charge is -2.00. The minimum absolute atomic E-state index is 0.515. The van der Waals surface area contributed by atoms with Crippen LogP contribution in [0.1, 0.15) is 0 Å². The van der Waals surface area contributed by atoms with Crippen LogP contribution < -0.4 is 5.73 Å². The third-order valence-electron chi connectivity index (χ3n) is 1.63. The van der Waals surface area contributed by atoms with Gasteiger partial charge in [0.1, 0.15) is 5.82 Å². The summed E-state index contributed by atoms with van der Waals surface area (Å²) in [4.78, 5) is 8.17. The van der Waals surface area contributed by atoms with Gasteiger partial charge in [0.05, 0.1) is 9.99 Å². The van der Waals surface area contributed by atoms with E-state index >= 15 is 0 Å². The van der Waals surface area contributed by atoms with Gasteiger partial charge in [-0.15, -0.1) is 0 Å². The normalized spacial score (nSPS) is 10.4. The molecule has 0 saturated carbocycles. The molecule has 2 rings (SSSR count). The Bertz CT molecular complexity index is 387. The zero-order chi connectivity index (χ0) is 8.55. The molecule has 60 valence electrons. The van der Waals surface area contributed by atoms with Crippen LogP contribution in [0, 0.1) is 0 Å². The summed E-state index contributed by atoms with van der Waals surface area (Å²) in [7, 11) is 0. The highest BCUT2D eigenvalue weighted by molar-refractivity contribution is 9.10. The van der Waals surface area contributed by atoms with Crippen LogP contribution in [-0.4, -0.2) is 9.97 Å². The fourth-order valence-corrected chi connectivity index (χ4v) is 1.48. The van der Waals surface area contributed by atoms with E-state index in [9.17, 15) is 0 Å². The molecule has 2 heterocycles. The molecule has 0 fully saturated rings. The van der Waals surface area contributed by atoms with E-state index in [4.69, 9.17) is 5.73 Å². The number of rotatable bonds is 0. The smallest absolute Gasteiger partial charge is 0.132 e. The maximum Gasteiger partial charge on any atom is 0.132 e. The lowest BCUT2D eigenvalue weighted by atomic mass is 10.2. The second-order valence-electron chi connectivity index (χ2n) is 2.39. The summed E-state index contributed by atoms with van der Waals surface area (Å²) < 4.78 is 0.868. The van der Waals surface area contributed by atoms with Gasteiger partial charge in [0.15, 0.2) is 0 Å². The molecular formula is C8H6BrN3. The lowest BCUT2D eigenvalue weighted by Crippen LogP contribution is -1.92. The summed E-state index contributed by atoms with van der Waals surface area (Å²) in [5, 5.41) is 0.881. The van der Waals surface area contributed by atoms with Crippen molar-refractivity contribution in [2.24, 2.45) is 0 Å². The van der Waals surface area contributed by atoms with Crippen molar-refractivity contribution in [3.05, 3.63) is 29.0 Å². The Morgan fingerprint density at radius 3 is 2.92 bits per heavy atom. The van der Waals surface area contributed by atoms with Crippen molar-refractivity contribution in [2.75, 3.05) is 5.73 Å². The molecule has 4 heteroatoms. The molecule has 12 heavy (non-hydrogen) atoms. The summed E-state index contributed by atoms with van der Waals surface area (Å²) in [6.45, 7) is 0. The van der Waals surface area contributed by atoms with E-state index < -0.39 is 0 Å². The third-order valence-corrected chi connectivity index (χ3v) is 2.21. The van der Waals surface area contributed by atoms with Crippen LogP contribution in [0.5, 0.6) is 0 Å². The van der Waals surface area contributed by atoms with Crippen LogP contribution in [0.3, 0.4) is 0 Å². The maximum absolute atomic E-state index is 5.65. The molecule has 0 saturated heterocycles. The molecule has 0 aliphatic heterocycles. The first-order valence-electron chi connectivity index (χ1n) is 3.44. The molecule has 0 aliphatic rings. The Kier molecular flexibility index (Phi) is 1.69. The molecule has 0 aromatic carbocycles. The van der Waals surface area contributed by atoms with E-state index in [2.05, 4.69) is 25.9 Å². The highest BCUT2D eigenvalue weighted by Gasteiger charge is 2.02. The van der Waals surface area contributed by atoms with E-state index in [1.807, 2.05) is 12.1 Å². The van der Waals surface area contributed by atoms with E-state index in [1.54, 1.807) is 12.4 Å². The molecule has 0 atom stereocenters. The van der Waals surface area contributed by atoms with Gasteiger partial charge in [-0.2, -0.15) is 0 Å². The molecule has 2 aromatic rings. The number of fused-ring (bicyclic) bond motifs is 1. The molecule has 3 nitrogen and oxygen atoms in total. The molecule has 0 bridgehead atoms. The Hall–Kier alpha value is -1.16. The highest BCUT2D eigenvalue weighted by Crippen LogP contribution is 2.23. The largest absolute Gasteiger partial charge is 0.383 e. The Morgan fingerprint density at radius 2 is 2.17 bits per heavy atom. The maximum atomic E-state index is 5.65. The van der Waals surface area contributed by atoms with Gasteiger partial charge in [-0.05, 0) is 28.1 Å². The average molecular weight is 224 g/mol. The second-order valence-corrected chi connectivity index (χ2v) is 3.25. The molecule has 0 spiro atoms. The Balaban J connectivity index is 2.95. The van der Waals surface area contributed by atoms with E-state index in [0.29, 0.717) is 5.82 Å². The summed E-state index contributed by atoms with van der Waals surface area (Å²) in [5.41, 5.74) is 6.50. The number of hydrogen-bond donors (Lipinski definition) is 1. The third kappa shape index (κ3) is 1.04. The first-order valence-corrected chi connectivity index (χ1v) is 4.23. The van der Waals surface area contributed by atoms with Gasteiger partial charge < -0.3 is 5.73 Å². The van der Waals surface area contributed by atoms with Crippen molar-refractivity contribution in [3.63, 3.8) is 0 Å². The Morgan fingerprint density at radius 1 is 1.33 bits per heavy atom. The van der Waals surface area contributed by atoms with Crippen LogP contribution in [-0.2, 0) is 0 Å². The first-order chi connectivity index (χ1) is 5.79. The summed E-state index contributed by atoms with van der Waals surface area (Å²) in [6.07, 6.45) is 3.39. The highest BCUT2D eigenvalue weighted by atomic mass is 79.9.